The quantitative estimate of drug-likeness (QED) is 0.881. The van der Waals surface area contributed by atoms with Crippen molar-refractivity contribution in [2.24, 2.45) is 0 Å². The molecule has 2 aliphatic carbocycles. The van der Waals surface area contributed by atoms with Crippen LogP contribution >= 0.6 is 0 Å². The molecule has 24 heavy (non-hydrogen) atoms. The minimum absolute atomic E-state index is 0.0642. The Morgan fingerprint density at radius 3 is 2.88 bits per heavy atom. The first kappa shape index (κ1) is 15.4. The van der Waals surface area contributed by atoms with Crippen LogP contribution in [0.4, 0.5) is 0 Å². The Kier molecular flexibility index (Phi) is 4.37. The van der Waals surface area contributed by atoms with E-state index in [0.717, 1.165) is 32.1 Å². The number of amides is 1. The summed E-state index contributed by atoms with van der Waals surface area (Å²) in [4.78, 5) is 12.5. The van der Waals surface area contributed by atoms with Gasteiger partial charge in [-0.3, -0.25) is 9.48 Å². The van der Waals surface area contributed by atoms with Crippen LogP contribution in [0.2, 0.25) is 0 Å². The molecule has 1 aromatic carbocycles. The summed E-state index contributed by atoms with van der Waals surface area (Å²) in [6.07, 6.45) is 11.3. The molecule has 4 rings (SSSR count). The first-order chi connectivity index (χ1) is 11.8. The van der Waals surface area contributed by atoms with E-state index in [1.165, 1.54) is 41.6 Å². The van der Waals surface area contributed by atoms with Gasteiger partial charge in [-0.05, 0) is 61.6 Å². The number of nitrogens with one attached hydrogen (secondary N) is 1. The lowest BCUT2D eigenvalue weighted by molar-refractivity contribution is -0.122. The minimum atomic E-state index is 0.0642. The molecule has 0 bridgehead atoms. The molecule has 126 valence electrons. The number of hydrogen-bond donors (Lipinski definition) is 1. The Morgan fingerprint density at radius 2 is 1.92 bits per heavy atom. The van der Waals surface area contributed by atoms with Gasteiger partial charge in [0.15, 0.2) is 0 Å². The van der Waals surface area contributed by atoms with Crippen molar-refractivity contribution in [1.29, 1.82) is 0 Å². The standard InChI is InChI=1S/C20H25N3O/c24-20(14-23-13-16-8-2-1-3-11-18(16)22-23)21-19-12-6-9-15-7-4-5-10-17(15)19/h4-5,7,10,13,19H,1-3,6,8-9,11-12,14H2,(H,21,24). The average molecular weight is 323 g/mol. The second kappa shape index (κ2) is 6.80. The van der Waals surface area contributed by atoms with Gasteiger partial charge in [0.1, 0.15) is 6.54 Å². The van der Waals surface area contributed by atoms with Crippen molar-refractivity contribution in [2.75, 3.05) is 0 Å². The van der Waals surface area contributed by atoms with Crippen LogP contribution < -0.4 is 5.32 Å². The van der Waals surface area contributed by atoms with E-state index in [2.05, 4.69) is 40.9 Å². The minimum Gasteiger partial charge on any atom is -0.348 e. The molecule has 1 unspecified atom stereocenters. The third-order valence-electron chi connectivity index (χ3n) is 5.29. The summed E-state index contributed by atoms with van der Waals surface area (Å²) in [5.74, 6) is 0.0642. The maximum absolute atomic E-state index is 12.5. The van der Waals surface area contributed by atoms with E-state index in [-0.39, 0.29) is 11.9 Å². The lowest BCUT2D eigenvalue weighted by Gasteiger charge is -2.26. The van der Waals surface area contributed by atoms with Crippen molar-refractivity contribution < 1.29 is 4.79 Å². The highest BCUT2D eigenvalue weighted by Crippen LogP contribution is 2.29. The zero-order valence-electron chi connectivity index (χ0n) is 14.1. The number of nitrogens with zero attached hydrogens (tertiary/aromatic N) is 2. The molecule has 0 saturated carbocycles. The van der Waals surface area contributed by atoms with Gasteiger partial charge in [0.2, 0.25) is 5.91 Å². The van der Waals surface area contributed by atoms with Crippen LogP contribution in [-0.2, 0) is 30.6 Å². The Hall–Kier alpha value is -2.10. The van der Waals surface area contributed by atoms with Crippen molar-refractivity contribution in [2.45, 2.75) is 64.0 Å². The van der Waals surface area contributed by atoms with Gasteiger partial charge in [-0.1, -0.05) is 30.7 Å². The fraction of sp³-hybridized carbons (Fsp3) is 0.500. The number of rotatable bonds is 3. The molecule has 1 amide bonds. The van der Waals surface area contributed by atoms with Crippen LogP contribution in [0.5, 0.6) is 0 Å². The predicted molar refractivity (Wildman–Crippen MR) is 93.7 cm³/mol. The maximum Gasteiger partial charge on any atom is 0.242 e. The van der Waals surface area contributed by atoms with Crippen molar-refractivity contribution in [1.82, 2.24) is 15.1 Å². The van der Waals surface area contributed by atoms with E-state index in [1.807, 2.05) is 4.68 Å². The first-order valence-corrected chi connectivity index (χ1v) is 9.22. The highest BCUT2D eigenvalue weighted by Gasteiger charge is 2.22. The van der Waals surface area contributed by atoms with Gasteiger partial charge in [0.05, 0.1) is 11.7 Å². The molecule has 2 aliphatic rings. The Labute approximate surface area is 143 Å². The van der Waals surface area contributed by atoms with Gasteiger partial charge < -0.3 is 5.32 Å². The van der Waals surface area contributed by atoms with E-state index in [4.69, 9.17) is 0 Å². The zero-order chi connectivity index (χ0) is 16.4. The van der Waals surface area contributed by atoms with E-state index >= 15 is 0 Å². The fourth-order valence-corrected chi connectivity index (χ4v) is 4.08. The zero-order valence-corrected chi connectivity index (χ0v) is 14.1. The summed E-state index contributed by atoms with van der Waals surface area (Å²) >= 11 is 0. The third kappa shape index (κ3) is 3.23. The molecule has 1 N–H and O–H groups in total. The molecule has 0 saturated heterocycles. The SMILES string of the molecule is O=C(Cn1cc2c(n1)CCCCC2)NC1CCCc2ccccc21. The van der Waals surface area contributed by atoms with E-state index in [0.29, 0.717) is 6.54 Å². The number of hydrogen-bond acceptors (Lipinski definition) is 2. The van der Waals surface area contributed by atoms with Gasteiger partial charge in [-0.25, -0.2) is 0 Å². The maximum atomic E-state index is 12.5. The summed E-state index contributed by atoms with van der Waals surface area (Å²) in [7, 11) is 0. The molecule has 1 heterocycles. The fourth-order valence-electron chi connectivity index (χ4n) is 4.08. The van der Waals surface area contributed by atoms with E-state index in [9.17, 15) is 4.79 Å². The summed E-state index contributed by atoms with van der Waals surface area (Å²) in [6, 6.07) is 8.62. The number of carbonyl (C=O) groups is 1. The monoisotopic (exact) mass is 323 g/mol. The van der Waals surface area contributed by atoms with Gasteiger partial charge in [-0.2, -0.15) is 5.10 Å². The largest absolute Gasteiger partial charge is 0.348 e. The summed E-state index contributed by atoms with van der Waals surface area (Å²) in [6.45, 7) is 0.325. The van der Waals surface area contributed by atoms with Gasteiger partial charge in [0.25, 0.3) is 0 Å². The molecular weight excluding hydrogens is 298 g/mol. The summed E-state index contributed by atoms with van der Waals surface area (Å²) < 4.78 is 1.83. The highest BCUT2D eigenvalue weighted by atomic mass is 16.2. The number of aromatic nitrogens is 2. The normalized spacial score (nSPS) is 19.9. The Balaban J connectivity index is 1.43. The smallest absolute Gasteiger partial charge is 0.242 e. The van der Waals surface area contributed by atoms with Gasteiger partial charge in [0, 0.05) is 6.20 Å². The Bertz CT molecular complexity index is 711. The molecule has 0 fully saturated rings. The van der Waals surface area contributed by atoms with Crippen LogP contribution in [0.3, 0.4) is 0 Å². The molecule has 1 atom stereocenters. The van der Waals surface area contributed by atoms with Gasteiger partial charge >= 0.3 is 0 Å². The number of carbonyl (C=O) groups excluding carboxylic acids is 1. The molecule has 2 aromatic rings. The second-order valence-electron chi connectivity index (χ2n) is 7.07. The van der Waals surface area contributed by atoms with Crippen LogP contribution in [0.25, 0.3) is 0 Å². The molecular formula is C20H25N3O. The van der Waals surface area contributed by atoms with Crippen molar-refractivity contribution in [3.8, 4) is 0 Å². The third-order valence-corrected chi connectivity index (χ3v) is 5.29. The summed E-state index contributed by atoms with van der Waals surface area (Å²) in [5, 5.41) is 7.86. The first-order valence-electron chi connectivity index (χ1n) is 9.22. The molecule has 0 radical (unpaired) electrons. The van der Waals surface area contributed by atoms with Gasteiger partial charge in [-0.15, -0.1) is 0 Å². The molecule has 1 aromatic heterocycles. The van der Waals surface area contributed by atoms with Crippen molar-refractivity contribution >= 4 is 5.91 Å². The lowest BCUT2D eigenvalue weighted by Crippen LogP contribution is -2.33. The van der Waals surface area contributed by atoms with Crippen molar-refractivity contribution in [3.63, 3.8) is 0 Å². The van der Waals surface area contributed by atoms with Crippen LogP contribution in [0.1, 0.15) is 60.5 Å². The Morgan fingerprint density at radius 1 is 1.08 bits per heavy atom. The van der Waals surface area contributed by atoms with Crippen LogP contribution in [0.15, 0.2) is 30.5 Å². The van der Waals surface area contributed by atoms with E-state index in [1.54, 1.807) is 0 Å². The highest BCUT2D eigenvalue weighted by molar-refractivity contribution is 5.76. The number of aryl methyl sites for hydroxylation is 3. The van der Waals surface area contributed by atoms with Crippen LogP contribution in [-0.4, -0.2) is 15.7 Å². The predicted octanol–water partition coefficient (Wildman–Crippen LogP) is 3.35. The molecule has 4 heteroatoms. The second-order valence-corrected chi connectivity index (χ2v) is 7.07. The number of fused-ring (bicyclic) bond motifs is 2. The topological polar surface area (TPSA) is 46.9 Å². The van der Waals surface area contributed by atoms with Crippen molar-refractivity contribution in [3.05, 3.63) is 52.8 Å². The summed E-state index contributed by atoms with van der Waals surface area (Å²) in [5.41, 5.74) is 5.19. The molecule has 0 aliphatic heterocycles. The molecule has 0 spiro atoms. The lowest BCUT2D eigenvalue weighted by atomic mass is 9.88. The number of benzene rings is 1. The average Bonchev–Trinajstić information content (AvgIpc) is 2.83. The van der Waals surface area contributed by atoms with E-state index < -0.39 is 0 Å². The van der Waals surface area contributed by atoms with Crippen LogP contribution in [0, 0.1) is 0 Å². The molecule has 4 nitrogen and oxygen atoms in total.